The molecule has 2 aromatic heterocycles. The van der Waals surface area contributed by atoms with Crippen molar-refractivity contribution >= 4 is 16.9 Å². The van der Waals surface area contributed by atoms with Crippen molar-refractivity contribution in [3.63, 3.8) is 0 Å². The van der Waals surface area contributed by atoms with Gasteiger partial charge in [0.25, 0.3) is 5.91 Å². The summed E-state index contributed by atoms with van der Waals surface area (Å²) in [4.78, 5) is 21.0. The molecule has 1 aliphatic rings. The van der Waals surface area contributed by atoms with Crippen LogP contribution in [0.25, 0.3) is 16.7 Å². The van der Waals surface area contributed by atoms with Crippen molar-refractivity contribution in [2.24, 2.45) is 0 Å². The summed E-state index contributed by atoms with van der Waals surface area (Å²) in [5.41, 5.74) is 2.98. The van der Waals surface area contributed by atoms with E-state index in [1.54, 1.807) is 10.9 Å². The molecular weight excluding hydrogens is 380 g/mol. The van der Waals surface area contributed by atoms with Crippen LogP contribution < -0.4 is 10.1 Å². The molecule has 0 bridgehead atoms. The highest BCUT2D eigenvalue weighted by molar-refractivity contribution is 5.83. The summed E-state index contributed by atoms with van der Waals surface area (Å²) >= 11 is 0. The number of carbonyl (C=O) groups is 1. The highest BCUT2D eigenvalue weighted by Crippen LogP contribution is 2.28. The molecule has 1 N–H and O–H groups in total. The molecule has 4 rings (SSSR count). The second-order valence-corrected chi connectivity index (χ2v) is 7.91. The standard InChI is InChI=1S/C22H24N6O2/c1-15-8-16(2)10-17(9-15)28-20-18(11-26-28)21(25-14-24-20)30-12-19(29)27-22(13-23)6-4-3-5-7-22/h8-11,14H,3-7,12H2,1-2H3,(H,27,29). The van der Waals surface area contributed by atoms with Crippen molar-refractivity contribution in [1.82, 2.24) is 25.1 Å². The van der Waals surface area contributed by atoms with Gasteiger partial charge < -0.3 is 10.1 Å². The summed E-state index contributed by atoms with van der Waals surface area (Å²) in [5.74, 6) is -0.0349. The molecule has 2 heterocycles. The molecule has 0 unspecified atom stereocenters. The van der Waals surface area contributed by atoms with Crippen molar-refractivity contribution < 1.29 is 9.53 Å². The largest absolute Gasteiger partial charge is 0.467 e. The number of hydrogen-bond acceptors (Lipinski definition) is 6. The van der Waals surface area contributed by atoms with Gasteiger partial charge in [0.2, 0.25) is 5.88 Å². The van der Waals surface area contributed by atoms with Crippen molar-refractivity contribution in [3.05, 3.63) is 41.9 Å². The summed E-state index contributed by atoms with van der Waals surface area (Å²) in [6.07, 6.45) is 7.37. The van der Waals surface area contributed by atoms with Crippen LogP contribution in [-0.2, 0) is 4.79 Å². The van der Waals surface area contributed by atoms with Gasteiger partial charge in [-0.2, -0.15) is 10.4 Å². The van der Waals surface area contributed by atoms with Crippen molar-refractivity contribution in [3.8, 4) is 17.6 Å². The van der Waals surface area contributed by atoms with Crippen LogP contribution in [0.3, 0.4) is 0 Å². The van der Waals surface area contributed by atoms with E-state index >= 15 is 0 Å². The Hall–Kier alpha value is -3.47. The molecule has 30 heavy (non-hydrogen) atoms. The van der Waals surface area contributed by atoms with Gasteiger partial charge >= 0.3 is 0 Å². The lowest BCUT2D eigenvalue weighted by Crippen LogP contribution is -2.50. The predicted octanol–water partition coefficient (Wildman–Crippen LogP) is 3.15. The molecule has 1 saturated carbocycles. The maximum absolute atomic E-state index is 12.4. The number of amides is 1. The van der Waals surface area contributed by atoms with E-state index in [1.165, 1.54) is 6.33 Å². The molecule has 154 valence electrons. The zero-order valence-electron chi connectivity index (χ0n) is 17.2. The van der Waals surface area contributed by atoms with E-state index < -0.39 is 5.54 Å². The Morgan fingerprint density at radius 3 is 2.63 bits per heavy atom. The Kier molecular flexibility index (Phi) is 5.36. The lowest BCUT2D eigenvalue weighted by Gasteiger charge is -2.31. The number of nitriles is 1. The van der Waals surface area contributed by atoms with Gasteiger partial charge in [0.05, 0.1) is 18.0 Å². The average Bonchev–Trinajstić information content (AvgIpc) is 3.17. The first-order valence-electron chi connectivity index (χ1n) is 10.1. The quantitative estimate of drug-likeness (QED) is 0.700. The number of nitrogens with zero attached hydrogens (tertiary/aromatic N) is 5. The first-order chi connectivity index (χ1) is 14.5. The van der Waals surface area contributed by atoms with Crippen LogP contribution >= 0.6 is 0 Å². The third-order valence-corrected chi connectivity index (χ3v) is 5.42. The van der Waals surface area contributed by atoms with Gasteiger partial charge in [-0.15, -0.1) is 0 Å². The Morgan fingerprint density at radius 1 is 1.20 bits per heavy atom. The second kappa shape index (κ2) is 8.11. The summed E-state index contributed by atoms with van der Waals surface area (Å²) < 4.78 is 7.42. The van der Waals surface area contributed by atoms with Gasteiger partial charge in [-0.1, -0.05) is 25.3 Å². The fraction of sp³-hybridized carbons (Fsp3) is 0.409. The molecule has 1 aliphatic carbocycles. The van der Waals surface area contributed by atoms with Gasteiger partial charge in [0.1, 0.15) is 17.3 Å². The number of carbonyl (C=O) groups excluding carboxylic acids is 1. The Balaban J connectivity index is 1.52. The number of aromatic nitrogens is 4. The molecule has 1 amide bonds. The zero-order valence-corrected chi connectivity index (χ0v) is 17.2. The highest BCUT2D eigenvalue weighted by Gasteiger charge is 2.33. The van der Waals surface area contributed by atoms with Gasteiger partial charge in [-0.3, -0.25) is 4.79 Å². The molecule has 8 nitrogen and oxygen atoms in total. The Morgan fingerprint density at radius 2 is 1.93 bits per heavy atom. The SMILES string of the molecule is Cc1cc(C)cc(-n2ncc3c(OCC(=O)NC4(C#N)CCCCC4)ncnc32)c1. The minimum Gasteiger partial charge on any atom is -0.467 e. The summed E-state index contributed by atoms with van der Waals surface area (Å²) in [7, 11) is 0. The monoisotopic (exact) mass is 404 g/mol. The van der Waals surface area contributed by atoms with E-state index in [1.807, 2.05) is 26.0 Å². The van der Waals surface area contributed by atoms with Gasteiger partial charge in [0.15, 0.2) is 12.3 Å². The van der Waals surface area contributed by atoms with Gasteiger partial charge in [0, 0.05) is 0 Å². The summed E-state index contributed by atoms with van der Waals surface area (Å²) in [6, 6.07) is 8.43. The second-order valence-electron chi connectivity index (χ2n) is 7.91. The van der Waals surface area contributed by atoms with Crippen LogP contribution in [0.1, 0.15) is 43.2 Å². The van der Waals surface area contributed by atoms with Crippen LogP contribution in [0.2, 0.25) is 0 Å². The zero-order chi connectivity index (χ0) is 21.1. The highest BCUT2D eigenvalue weighted by atomic mass is 16.5. The Bertz CT molecular complexity index is 1100. The third kappa shape index (κ3) is 3.96. The molecule has 0 spiro atoms. The molecule has 0 radical (unpaired) electrons. The first kappa shape index (κ1) is 19.8. The van der Waals surface area contributed by atoms with Crippen LogP contribution in [0.4, 0.5) is 0 Å². The Labute approximate surface area is 174 Å². The predicted molar refractivity (Wildman–Crippen MR) is 111 cm³/mol. The van der Waals surface area contributed by atoms with Crippen molar-refractivity contribution in [2.75, 3.05) is 6.61 Å². The average molecular weight is 404 g/mol. The number of benzene rings is 1. The summed E-state index contributed by atoms with van der Waals surface area (Å²) in [6.45, 7) is 3.85. The van der Waals surface area contributed by atoms with Crippen molar-refractivity contribution in [1.29, 1.82) is 5.26 Å². The van der Waals surface area contributed by atoms with E-state index in [4.69, 9.17) is 4.74 Å². The molecule has 3 aromatic rings. The smallest absolute Gasteiger partial charge is 0.259 e. The fourth-order valence-corrected chi connectivity index (χ4v) is 4.06. The van der Waals surface area contributed by atoms with E-state index in [9.17, 15) is 10.1 Å². The van der Waals surface area contributed by atoms with Crippen LogP contribution in [0.15, 0.2) is 30.7 Å². The fourth-order valence-electron chi connectivity index (χ4n) is 4.06. The van der Waals surface area contributed by atoms with E-state index in [2.05, 4.69) is 32.5 Å². The van der Waals surface area contributed by atoms with Gasteiger partial charge in [-0.25, -0.2) is 14.6 Å². The molecule has 8 heteroatoms. The van der Waals surface area contributed by atoms with Crippen LogP contribution in [0, 0.1) is 25.2 Å². The lowest BCUT2D eigenvalue weighted by atomic mass is 9.83. The molecule has 0 atom stereocenters. The van der Waals surface area contributed by atoms with E-state index in [0.29, 0.717) is 29.8 Å². The van der Waals surface area contributed by atoms with E-state index in [0.717, 1.165) is 36.1 Å². The lowest BCUT2D eigenvalue weighted by molar-refractivity contribution is -0.124. The topological polar surface area (TPSA) is 106 Å². The molecular formula is C22H24N6O2. The maximum Gasteiger partial charge on any atom is 0.259 e. The summed E-state index contributed by atoms with van der Waals surface area (Å²) in [5, 5.41) is 17.5. The maximum atomic E-state index is 12.4. The van der Waals surface area contributed by atoms with Crippen LogP contribution in [-0.4, -0.2) is 37.8 Å². The molecule has 0 aliphatic heterocycles. The van der Waals surface area contributed by atoms with Gasteiger partial charge in [-0.05, 0) is 49.9 Å². The molecule has 1 aromatic carbocycles. The molecule has 0 saturated heterocycles. The number of hydrogen-bond donors (Lipinski definition) is 1. The first-order valence-corrected chi connectivity index (χ1v) is 10.1. The third-order valence-electron chi connectivity index (χ3n) is 5.42. The number of aryl methyl sites for hydroxylation is 2. The number of rotatable bonds is 5. The number of nitrogens with one attached hydrogen (secondary N) is 1. The number of ether oxygens (including phenoxy) is 1. The minimum atomic E-state index is -0.784. The number of fused-ring (bicyclic) bond motifs is 1. The van der Waals surface area contributed by atoms with E-state index in [-0.39, 0.29) is 12.5 Å². The normalized spacial score (nSPS) is 15.5. The molecule has 1 fully saturated rings. The van der Waals surface area contributed by atoms with Crippen molar-refractivity contribution in [2.45, 2.75) is 51.5 Å². The minimum absolute atomic E-state index is 0.218. The van der Waals surface area contributed by atoms with Crippen LogP contribution in [0.5, 0.6) is 5.88 Å².